The third-order valence-electron chi connectivity index (χ3n) is 2.23. The predicted molar refractivity (Wildman–Crippen MR) is 61.7 cm³/mol. The number of halogens is 1. The van der Waals surface area contributed by atoms with Crippen molar-refractivity contribution in [3.05, 3.63) is 28.8 Å². The number of aliphatic carboxylic acids is 1. The monoisotopic (exact) mass is 254 g/mol. The van der Waals surface area contributed by atoms with Crippen LogP contribution < -0.4 is 0 Å². The van der Waals surface area contributed by atoms with Crippen LogP contribution in [0, 0.1) is 11.3 Å². The van der Waals surface area contributed by atoms with E-state index in [1.165, 1.54) is 30.1 Å². The quantitative estimate of drug-likeness (QED) is 0.853. The van der Waals surface area contributed by atoms with Gasteiger partial charge in [-0.15, -0.1) is 0 Å². The molecule has 1 unspecified atom stereocenters. The van der Waals surface area contributed by atoms with Gasteiger partial charge in [0.05, 0.1) is 12.6 Å². The molecule has 17 heavy (non-hydrogen) atoms. The molecule has 0 aliphatic rings. The molecule has 1 aromatic rings. The summed E-state index contributed by atoms with van der Waals surface area (Å²) in [4.78, 5) is 11.9. The Morgan fingerprint density at radius 1 is 1.65 bits per heavy atom. The summed E-state index contributed by atoms with van der Waals surface area (Å²) in [7, 11) is 1.49. The number of carboxylic acids is 1. The average molecular weight is 255 g/mol. The lowest BCUT2D eigenvalue weighted by Gasteiger charge is -2.21. The molecule has 0 aliphatic heterocycles. The Labute approximate surface area is 103 Å². The van der Waals surface area contributed by atoms with E-state index < -0.39 is 12.0 Å². The Balaban J connectivity index is 3.05. The van der Waals surface area contributed by atoms with Crippen molar-refractivity contribution in [2.75, 3.05) is 13.6 Å². The molecule has 0 aliphatic carbocycles. The van der Waals surface area contributed by atoms with Gasteiger partial charge in [-0.25, -0.2) is 0 Å². The van der Waals surface area contributed by atoms with Crippen LogP contribution in [0.1, 0.15) is 11.6 Å². The van der Waals surface area contributed by atoms with Gasteiger partial charge in [-0.2, -0.15) is 5.26 Å². The van der Waals surface area contributed by atoms with E-state index in [4.69, 9.17) is 22.0 Å². The van der Waals surface area contributed by atoms with E-state index in [-0.39, 0.29) is 12.3 Å². The molecule has 0 saturated heterocycles. The standard InChI is InChI=1S/C11H11ClN2O3/c1-14(6-11(16)17)9(5-13)8-4-7(12)2-3-10(8)15/h2-4,9,15H,6H2,1H3,(H,16,17). The number of nitrogens with zero attached hydrogens (tertiary/aromatic N) is 2. The van der Waals surface area contributed by atoms with Crippen molar-refractivity contribution < 1.29 is 15.0 Å². The molecule has 1 atom stereocenters. The Kier molecular flexibility index (Phi) is 4.32. The average Bonchev–Trinajstić information content (AvgIpc) is 2.23. The zero-order chi connectivity index (χ0) is 13.0. The Morgan fingerprint density at radius 2 is 2.29 bits per heavy atom. The van der Waals surface area contributed by atoms with Crippen molar-refractivity contribution in [3.63, 3.8) is 0 Å². The first-order valence-electron chi connectivity index (χ1n) is 4.75. The molecule has 0 spiro atoms. The van der Waals surface area contributed by atoms with Crippen LogP contribution in [0.5, 0.6) is 5.75 Å². The van der Waals surface area contributed by atoms with Crippen LogP contribution in [-0.4, -0.2) is 34.7 Å². The van der Waals surface area contributed by atoms with Crippen LogP contribution in [0.2, 0.25) is 5.02 Å². The van der Waals surface area contributed by atoms with E-state index in [1.54, 1.807) is 0 Å². The lowest BCUT2D eigenvalue weighted by molar-refractivity contribution is -0.138. The van der Waals surface area contributed by atoms with E-state index >= 15 is 0 Å². The van der Waals surface area contributed by atoms with E-state index in [9.17, 15) is 9.90 Å². The number of carbonyl (C=O) groups is 1. The molecule has 6 heteroatoms. The molecular formula is C11H11ClN2O3. The number of nitriles is 1. The number of phenols is 1. The number of aromatic hydroxyl groups is 1. The zero-order valence-electron chi connectivity index (χ0n) is 9.09. The summed E-state index contributed by atoms with van der Waals surface area (Å²) in [6.07, 6.45) is 0. The summed E-state index contributed by atoms with van der Waals surface area (Å²) in [6, 6.07) is 5.39. The van der Waals surface area contributed by atoms with Gasteiger partial charge < -0.3 is 10.2 Å². The maximum atomic E-state index is 10.6. The molecule has 0 saturated carbocycles. The highest BCUT2D eigenvalue weighted by Gasteiger charge is 2.21. The maximum absolute atomic E-state index is 10.6. The smallest absolute Gasteiger partial charge is 0.317 e. The molecule has 0 amide bonds. The van der Waals surface area contributed by atoms with Gasteiger partial charge in [0.2, 0.25) is 0 Å². The van der Waals surface area contributed by atoms with Gasteiger partial charge in [0.1, 0.15) is 11.8 Å². The van der Waals surface area contributed by atoms with Crippen molar-refractivity contribution in [2.45, 2.75) is 6.04 Å². The second-order valence-electron chi connectivity index (χ2n) is 3.54. The molecule has 90 valence electrons. The highest BCUT2D eigenvalue weighted by molar-refractivity contribution is 6.30. The molecule has 5 nitrogen and oxygen atoms in total. The van der Waals surface area contributed by atoms with Crippen molar-refractivity contribution >= 4 is 17.6 Å². The first kappa shape index (κ1) is 13.3. The van der Waals surface area contributed by atoms with Gasteiger partial charge in [0.15, 0.2) is 0 Å². The van der Waals surface area contributed by atoms with Crippen molar-refractivity contribution in [2.24, 2.45) is 0 Å². The summed E-state index contributed by atoms with van der Waals surface area (Å²) in [5.41, 5.74) is 0.295. The minimum Gasteiger partial charge on any atom is -0.508 e. The second kappa shape index (κ2) is 5.53. The zero-order valence-corrected chi connectivity index (χ0v) is 9.85. The Bertz CT molecular complexity index is 470. The Morgan fingerprint density at radius 3 is 2.82 bits per heavy atom. The van der Waals surface area contributed by atoms with Crippen LogP contribution in [-0.2, 0) is 4.79 Å². The van der Waals surface area contributed by atoms with E-state index in [0.29, 0.717) is 10.6 Å². The molecule has 2 N–H and O–H groups in total. The van der Waals surface area contributed by atoms with Gasteiger partial charge in [0.25, 0.3) is 0 Å². The normalized spacial score (nSPS) is 12.1. The number of likely N-dealkylation sites (N-methyl/N-ethyl adjacent to an activating group) is 1. The number of benzene rings is 1. The highest BCUT2D eigenvalue weighted by atomic mass is 35.5. The number of rotatable bonds is 4. The van der Waals surface area contributed by atoms with Crippen LogP contribution in [0.4, 0.5) is 0 Å². The van der Waals surface area contributed by atoms with Crippen molar-refractivity contribution in [1.82, 2.24) is 4.90 Å². The van der Waals surface area contributed by atoms with Gasteiger partial charge in [-0.05, 0) is 25.2 Å². The Hall–Kier alpha value is -1.77. The number of phenolic OH excluding ortho intramolecular Hbond substituents is 1. The van der Waals surface area contributed by atoms with E-state index in [0.717, 1.165) is 0 Å². The summed E-state index contributed by atoms with van der Waals surface area (Å²) >= 11 is 5.77. The minimum atomic E-state index is -1.05. The highest BCUT2D eigenvalue weighted by Crippen LogP contribution is 2.29. The van der Waals surface area contributed by atoms with Gasteiger partial charge >= 0.3 is 5.97 Å². The summed E-state index contributed by atoms with van der Waals surface area (Å²) in [5, 5.41) is 27.7. The fourth-order valence-electron chi connectivity index (χ4n) is 1.45. The van der Waals surface area contributed by atoms with E-state index in [2.05, 4.69) is 0 Å². The number of hydrogen-bond donors (Lipinski definition) is 2. The molecule has 0 bridgehead atoms. The topological polar surface area (TPSA) is 84.6 Å². The lowest BCUT2D eigenvalue weighted by Crippen LogP contribution is -2.29. The van der Waals surface area contributed by atoms with Crippen LogP contribution in [0.25, 0.3) is 0 Å². The fraction of sp³-hybridized carbons (Fsp3) is 0.273. The SMILES string of the molecule is CN(CC(=O)O)C(C#N)c1cc(Cl)ccc1O. The van der Waals surface area contributed by atoms with E-state index in [1.807, 2.05) is 6.07 Å². The third-order valence-corrected chi connectivity index (χ3v) is 2.47. The van der Waals surface area contributed by atoms with Gasteiger partial charge in [-0.1, -0.05) is 11.6 Å². The largest absolute Gasteiger partial charge is 0.508 e. The molecular weight excluding hydrogens is 244 g/mol. The third kappa shape index (κ3) is 3.34. The van der Waals surface area contributed by atoms with Crippen molar-refractivity contribution in [1.29, 1.82) is 5.26 Å². The first-order valence-corrected chi connectivity index (χ1v) is 5.13. The maximum Gasteiger partial charge on any atom is 0.317 e. The summed E-state index contributed by atoms with van der Waals surface area (Å²) < 4.78 is 0. The molecule has 0 radical (unpaired) electrons. The molecule has 1 rings (SSSR count). The second-order valence-corrected chi connectivity index (χ2v) is 3.98. The molecule has 0 aromatic heterocycles. The summed E-state index contributed by atoms with van der Waals surface area (Å²) in [6.45, 7) is -0.301. The predicted octanol–water partition coefficient (Wildman–Crippen LogP) is 1.63. The van der Waals surface area contributed by atoms with Crippen LogP contribution in [0.3, 0.4) is 0 Å². The molecule has 0 heterocycles. The number of carboxylic acid groups (broad SMARTS) is 1. The molecule has 1 aromatic carbocycles. The van der Waals surface area contributed by atoms with Crippen LogP contribution >= 0.6 is 11.6 Å². The summed E-state index contributed by atoms with van der Waals surface area (Å²) in [5.74, 6) is -1.13. The lowest BCUT2D eigenvalue weighted by atomic mass is 10.1. The van der Waals surface area contributed by atoms with Crippen LogP contribution in [0.15, 0.2) is 18.2 Å². The molecule has 0 fully saturated rings. The minimum absolute atomic E-state index is 0.0850. The fourth-order valence-corrected chi connectivity index (χ4v) is 1.64. The number of hydrogen-bond acceptors (Lipinski definition) is 4. The van der Waals surface area contributed by atoms with Gasteiger partial charge in [-0.3, -0.25) is 9.69 Å². The van der Waals surface area contributed by atoms with Crippen molar-refractivity contribution in [3.8, 4) is 11.8 Å². The van der Waals surface area contributed by atoms with Gasteiger partial charge in [0, 0.05) is 10.6 Å². The first-order chi connectivity index (χ1) is 7.95.